The zero-order valence-corrected chi connectivity index (χ0v) is 9.98. The van der Waals surface area contributed by atoms with Gasteiger partial charge in [-0.05, 0) is 38.8 Å². The molecule has 1 heterocycles. The van der Waals surface area contributed by atoms with Gasteiger partial charge in [-0.15, -0.1) is 0 Å². The van der Waals surface area contributed by atoms with Crippen LogP contribution in [0.4, 0.5) is 0 Å². The summed E-state index contributed by atoms with van der Waals surface area (Å²) >= 11 is 1.62. The number of nitrogens with zero attached hydrogens (tertiary/aromatic N) is 1. The predicted octanol–water partition coefficient (Wildman–Crippen LogP) is 2.56. The van der Waals surface area contributed by atoms with Crippen LogP contribution in [0, 0.1) is 13.8 Å². The lowest BCUT2D eigenvalue weighted by molar-refractivity contribution is 0.265. The number of pyridine rings is 1. The number of aliphatic hydroxyl groups is 1. The zero-order chi connectivity index (χ0) is 10.8. The van der Waals surface area contributed by atoms with Crippen molar-refractivity contribution in [3.63, 3.8) is 0 Å². The van der Waals surface area contributed by atoms with Crippen LogP contribution in [0.5, 0.6) is 0 Å². The molecule has 1 rings (SSSR count). The van der Waals surface area contributed by atoms with E-state index in [0.29, 0.717) is 0 Å². The van der Waals surface area contributed by atoms with Crippen LogP contribution < -0.4 is 0 Å². The van der Waals surface area contributed by atoms with Crippen LogP contribution in [0.2, 0.25) is 0 Å². The Morgan fingerprint density at radius 2 is 2.07 bits per heavy atom. The predicted molar refractivity (Wildman–Crippen MR) is 60.7 cm³/mol. The number of aryl methyl sites for hydroxylation is 2. The first-order chi connectivity index (χ1) is 6.44. The molecule has 0 unspecified atom stereocenters. The lowest BCUT2D eigenvalue weighted by Crippen LogP contribution is -2.20. The average Bonchev–Trinajstić information content (AvgIpc) is 2.10. The van der Waals surface area contributed by atoms with Gasteiger partial charge in [0.1, 0.15) is 0 Å². The second-order valence-electron chi connectivity index (χ2n) is 4.15. The number of rotatable bonds is 3. The fraction of sp³-hybridized carbons (Fsp3) is 0.545. The van der Waals surface area contributed by atoms with Gasteiger partial charge in [0.25, 0.3) is 0 Å². The molecule has 0 aliphatic heterocycles. The van der Waals surface area contributed by atoms with E-state index in [0.717, 1.165) is 5.03 Å². The Bertz CT molecular complexity index is 323. The largest absolute Gasteiger partial charge is 0.395 e. The van der Waals surface area contributed by atoms with E-state index in [1.165, 1.54) is 11.1 Å². The first kappa shape index (κ1) is 11.5. The molecule has 1 N–H and O–H groups in total. The minimum Gasteiger partial charge on any atom is -0.395 e. The Balaban J connectivity index is 2.87. The average molecular weight is 211 g/mol. The van der Waals surface area contributed by atoms with E-state index in [4.69, 9.17) is 5.11 Å². The van der Waals surface area contributed by atoms with Gasteiger partial charge in [-0.3, -0.25) is 0 Å². The third-order valence-corrected chi connectivity index (χ3v) is 3.22. The number of hydrogen-bond donors (Lipinski definition) is 1. The summed E-state index contributed by atoms with van der Waals surface area (Å²) in [6, 6.07) is 2.11. The highest BCUT2D eigenvalue weighted by Crippen LogP contribution is 2.32. The molecule has 0 aromatic carbocycles. The molecule has 78 valence electrons. The smallest absolute Gasteiger partial charge is 0.0995 e. The van der Waals surface area contributed by atoms with Gasteiger partial charge in [0.15, 0.2) is 0 Å². The molecular formula is C11H17NOS. The van der Waals surface area contributed by atoms with Crippen molar-refractivity contribution in [1.82, 2.24) is 4.98 Å². The molecule has 0 saturated carbocycles. The normalized spacial score (nSPS) is 11.8. The lowest BCUT2D eigenvalue weighted by Gasteiger charge is -2.21. The topological polar surface area (TPSA) is 33.1 Å². The zero-order valence-electron chi connectivity index (χ0n) is 9.16. The second kappa shape index (κ2) is 4.32. The van der Waals surface area contributed by atoms with Crippen LogP contribution in [0.1, 0.15) is 25.0 Å². The molecular weight excluding hydrogens is 194 g/mol. The molecule has 2 nitrogen and oxygen atoms in total. The summed E-state index contributed by atoms with van der Waals surface area (Å²) in [5, 5.41) is 10.2. The van der Waals surface area contributed by atoms with Gasteiger partial charge in [-0.2, -0.15) is 0 Å². The van der Waals surface area contributed by atoms with E-state index in [2.05, 4.69) is 18.0 Å². The van der Waals surface area contributed by atoms with Crippen molar-refractivity contribution in [3.8, 4) is 0 Å². The third kappa shape index (κ3) is 3.00. The molecule has 0 spiro atoms. The van der Waals surface area contributed by atoms with Crippen LogP contribution in [-0.4, -0.2) is 21.4 Å². The summed E-state index contributed by atoms with van der Waals surface area (Å²) in [7, 11) is 0. The Morgan fingerprint density at radius 1 is 1.43 bits per heavy atom. The number of hydrogen-bond acceptors (Lipinski definition) is 3. The summed E-state index contributed by atoms with van der Waals surface area (Å²) in [6.45, 7) is 8.27. The number of aliphatic hydroxyl groups excluding tert-OH is 1. The maximum atomic E-state index is 9.15. The molecule has 0 aliphatic rings. The molecule has 0 radical (unpaired) electrons. The monoisotopic (exact) mass is 211 g/mol. The molecule has 0 fully saturated rings. The van der Waals surface area contributed by atoms with Gasteiger partial charge < -0.3 is 5.11 Å². The fourth-order valence-electron chi connectivity index (χ4n) is 1.10. The van der Waals surface area contributed by atoms with Gasteiger partial charge in [-0.1, -0.05) is 17.8 Å². The molecule has 0 amide bonds. The van der Waals surface area contributed by atoms with Crippen molar-refractivity contribution >= 4 is 11.8 Å². The quantitative estimate of drug-likeness (QED) is 0.780. The summed E-state index contributed by atoms with van der Waals surface area (Å²) in [4.78, 5) is 4.36. The van der Waals surface area contributed by atoms with E-state index in [9.17, 15) is 0 Å². The molecule has 0 atom stereocenters. The Labute approximate surface area is 89.8 Å². The van der Waals surface area contributed by atoms with Crippen molar-refractivity contribution in [3.05, 3.63) is 23.4 Å². The van der Waals surface area contributed by atoms with Crippen LogP contribution in [0.25, 0.3) is 0 Å². The SMILES string of the molecule is Cc1cnc(SC(C)(C)CO)c(C)c1. The fourth-order valence-corrected chi connectivity index (χ4v) is 2.02. The van der Waals surface area contributed by atoms with Gasteiger partial charge in [0.2, 0.25) is 0 Å². The van der Waals surface area contributed by atoms with Gasteiger partial charge >= 0.3 is 0 Å². The van der Waals surface area contributed by atoms with Crippen LogP contribution >= 0.6 is 11.8 Å². The van der Waals surface area contributed by atoms with Crippen LogP contribution in [-0.2, 0) is 0 Å². The molecule has 0 bridgehead atoms. The summed E-state index contributed by atoms with van der Waals surface area (Å²) < 4.78 is -0.160. The van der Waals surface area contributed by atoms with Crippen molar-refractivity contribution in [2.45, 2.75) is 37.5 Å². The van der Waals surface area contributed by atoms with E-state index in [-0.39, 0.29) is 11.4 Å². The van der Waals surface area contributed by atoms with Gasteiger partial charge in [-0.25, -0.2) is 4.98 Å². The Morgan fingerprint density at radius 3 is 2.57 bits per heavy atom. The van der Waals surface area contributed by atoms with Crippen molar-refractivity contribution < 1.29 is 5.11 Å². The molecule has 0 saturated heterocycles. The van der Waals surface area contributed by atoms with Gasteiger partial charge in [0, 0.05) is 10.9 Å². The van der Waals surface area contributed by atoms with Crippen LogP contribution in [0.3, 0.4) is 0 Å². The summed E-state index contributed by atoms with van der Waals surface area (Å²) in [5.41, 5.74) is 2.35. The van der Waals surface area contributed by atoms with E-state index in [1.807, 2.05) is 27.0 Å². The summed E-state index contributed by atoms with van der Waals surface area (Å²) in [6.07, 6.45) is 1.86. The van der Waals surface area contributed by atoms with Crippen molar-refractivity contribution in [2.75, 3.05) is 6.61 Å². The minimum absolute atomic E-state index is 0.159. The molecule has 1 aromatic heterocycles. The molecule has 3 heteroatoms. The van der Waals surface area contributed by atoms with Crippen molar-refractivity contribution in [2.24, 2.45) is 0 Å². The number of aromatic nitrogens is 1. The maximum absolute atomic E-state index is 9.15. The first-order valence-corrected chi connectivity index (χ1v) is 5.49. The Kier molecular flexibility index (Phi) is 3.56. The van der Waals surface area contributed by atoms with Crippen molar-refractivity contribution in [1.29, 1.82) is 0 Å². The minimum atomic E-state index is -0.160. The molecule has 1 aromatic rings. The highest BCUT2D eigenvalue weighted by Gasteiger charge is 2.19. The standard InChI is InChI=1S/C11H17NOS/c1-8-5-9(2)10(12-6-8)14-11(3,4)7-13/h5-6,13H,7H2,1-4H3. The van der Waals surface area contributed by atoms with E-state index < -0.39 is 0 Å². The Hall–Kier alpha value is -0.540. The van der Waals surface area contributed by atoms with Gasteiger partial charge in [0.05, 0.1) is 11.6 Å². The maximum Gasteiger partial charge on any atom is 0.0995 e. The highest BCUT2D eigenvalue weighted by molar-refractivity contribution is 8.00. The highest BCUT2D eigenvalue weighted by atomic mass is 32.2. The van der Waals surface area contributed by atoms with E-state index in [1.54, 1.807) is 11.8 Å². The summed E-state index contributed by atoms with van der Waals surface area (Å²) in [5.74, 6) is 0. The number of thioether (sulfide) groups is 1. The molecule has 0 aliphatic carbocycles. The first-order valence-electron chi connectivity index (χ1n) is 4.68. The van der Waals surface area contributed by atoms with Crippen LogP contribution in [0.15, 0.2) is 17.3 Å². The third-order valence-electron chi connectivity index (χ3n) is 1.92. The second-order valence-corrected chi connectivity index (χ2v) is 5.85. The lowest BCUT2D eigenvalue weighted by atomic mass is 10.2. The van der Waals surface area contributed by atoms with E-state index >= 15 is 0 Å². The molecule has 14 heavy (non-hydrogen) atoms.